The van der Waals surface area contributed by atoms with Crippen LogP contribution >= 0.6 is 11.3 Å². The van der Waals surface area contributed by atoms with Gasteiger partial charge < -0.3 is 10.0 Å². The molecule has 1 aromatic heterocycles. The number of hydrogen-bond acceptors (Lipinski definition) is 4. The number of rotatable bonds is 6. The second-order valence-electron chi connectivity index (χ2n) is 4.66. The van der Waals surface area contributed by atoms with Crippen LogP contribution in [0.15, 0.2) is 35.7 Å². The van der Waals surface area contributed by atoms with Gasteiger partial charge in [0.25, 0.3) is 5.91 Å². The average Bonchev–Trinajstić information content (AvgIpc) is 2.93. The smallest absolute Gasteiger partial charge is 0.305 e. The first-order chi connectivity index (χ1) is 10.1. The third-order valence-electron chi connectivity index (χ3n) is 2.98. The molecular formula is C15H16N2O3S. The first-order valence-electron chi connectivity index (χ1n) is 6.52. The Morgan fingerprint density at radius 2 is 2.00 bits per heavy atom. The summed E-state index contributed by atoms with van der Waals surface area (Å²) in [5.41, 5.74) is 1.52. The van der Waals surface area contributed by atoms with E-state index in [0.717, 1.165) is 10.6 Å². The lowest BCUT2D eigenvalue weighted by Gasteiger charge is -2.14. The molecule has 6 heteroatoms. The fraction of sp³-hybridized carbons (Fsp3) is 0.267. The molecule has 0 aliphatic carbocycles. The summed E-state index contributed by atoms with van der Waals surface area (Å²) in [6.07, 6.45) is 0.626. The van der Waals surface area contributed by atoms with E-state index >= 15 is 0 Å². The molecule has 0 unspecified atom stereocenters. The highest BCUT2D eigenvalue weighted by Gasteiger charge is 2.16. The minimum absolute atomic E-state index is 0.0662. The minimum Gasteiger partial charge on any atom is -0.481 e. The molecule has 1 aromatic carbocycles. The number of benzene rings is 1. The molecule has 0 atom stereocenters. The van der Waals surface area contributed by atoms with Crippen molar-refractivity contribution >= 4 is 23.2 Å². The van der Waals surface area contributed by atoms with Crippen LogP contribution in [0.4, 0.5) is 0 Å². The van der Waals surface area contributed by atoms with E-state index in [9.17, 15) is 9.59 Å². The summed E-state index contributed by atoms with van der Waals surface area (Å²) in [6.45, 7) is 0.180. The van der Waals surface area contributed by atoms with Crippen LogP contribution in [-0.2, 0) is 11.2 Å². The molecule has 0 saturated carbocycles. The monoisotopic (exact) mass is 304 g/mol. The summed E-state index contributed by atoms with van der Waals surface area (Å²) < 4.78 is 0. The molecule has 0 bridgehead atoms. The maximum absolute atomic E-state index is 12.1. The van der Waals surface area contributed by atoms with Gasteiger partial charge in [-0.2, -0.15) is 0 Å². The highest BCUT2D eigenvalue weighted by molar-refractivity contribution is 7.09. The van der Waals surface area contributed by atoms with E-state index in [1.807, 2.05) is 30.3 Å². The van der Waals surface area contributed by atoms with Crippen molar-refractivity contribution in [3.05, 3.63) is 52.0 Å². The van der Waals surface area contributed by atoms with E-state index in [1.165, 1.54) is 16.2 Å². The zero-order valence-corrected chi connectivity index (χ0v) is 12.5. The second-order valence-corrected chi connectivity index (χ2v) is 5.60. The van der Waals surface area contributed by atoms with Gasteiger partial charge in [0.15, 0.2) is 0 Å². The van der Waals surface area contributed by atoms with Crippen molar-refractivity contribution in [2.45, 2.75) is 12.8 Å². The van der Waals surface area contributed by atoms with Crippen LogP contribution in [0.5, 0.6) is 0 Å². The molecule has 21 heavy (non-hydrogen) atoms. The molecule has 0 aliphatic rings. The predicted molar refractivity (Wildman–Crippen MR) is 80.6 cm³/mol. The number of nitrogens with zero attached hydrogens (tertiary/aromatic N) is 2. The van der Waals surface area contributed by atoms with Crippen LogP contribution in [0.25, 0.3) is 0 Å². The van der Waals surface area contributed by atoms with E-state index in [1.54, 1.807) is 12.4 Å². The molecule has 1 amide bonds. The summed E-state index contributed by atoms with van der Waals surface area (Å²) in [6, 6.07) is 9.92. The van der Waals surface area contributed by atoms with E-state index in [-0.39, 0.29) is 18.9 Å². The Hall–Kier alpha value is -2.21. The van der Waals surface area contributed by atoms with Crippen LogP contribution in [-0.4, -0.2) is 40.5 Å². The molecule has 0 saturated heterocycles. The molecule has 0 fully saturated rings. The van der Waals surface area contributed by atoms with E-state index in [2.05, 4.69) is 4.98 Å². The van der Waals surface area contributed by atoms with Gasteiger partial charge >= 0.3 is 5.97 Å². The van der Waals surface area contributed by atoms with Crippen LogP contribution in [0.2, 0.25) is 0 Å². The van der Waals surface area contributed by atoms with Crippen LogP contribution in [0, 0.1) is 0 Å². The van der Waals surface area contributed by atoms with Crippen molar-refractivity contribution in [3.8, 4) is 0 Å². The molecule has 0 aliphatic heterocycles. The number of carbonyl (C=O) groups is 2. The maximum atomic E-state index is 12.1. The number of carboxylic acid groups (broad SMARTS) is 1. The first kappa shape index (κ1) is 15.2. The minimum atomic E-state index is -0.919. The molecule has 1 N–H and O–H groups in total. The molecular weight excluding hydrogens is 288 g/mol. The first-order valence-corrected chi connectivity index (χ1v) is 7.40. The number of thiazole rings is 1. The Labute approximate surface area is 126 Å². The van der Waals surface area contributed by atoms with E-state index < -0.39 is 5.97 Å². The van der Waals surface area contributed by atoms with E-state index in [0.29, 0.717) is 12.1 Å². The molecule has 1 heterocycles. The Morgan fingerprint density at radius 3 is 2.67 bits per heavy atom. The summed E-state index contributed by atoms with van der Waals surface area (Å²) >= 11 is 1.44. The lowest BCUT2D eigenvalue weighted by molar-refractivity contribution is -0.137. The molecule has 0 spiro atoms. The quantitative estimate of drug-likeness (QED) is 0.889. The summed E-state index contributed by atoms with van der Waals surface area (Å²) in [5, 5.41) is 11.2. The molecule has 5 nitrogen and oxygen atoms in total. The Kier molecular flexibility index (Phi) is 5.05. The van der Waals surface area contributed by atoms with Crippen molar-refractivity contribution in [2.24, 2.45) is 0 Å². The highest BCUT2D eigenvalue weighted by atomic mass is 32.1. The van der Waals surface area contributed by atoms with Gasteiger partial charge in [0, 0.05) is 25.4 Å². The summed E-state index contributed by atoms with van der Waals surface area (Å²) in [4.78, 5) is 28.3. The standard InChI is InChI=1S/C15H16N2O3S/c1-17(8-7-14(18)19)15(20)12-10-21-13(16-12)9-11-5-3-2-4-6-11/h2-6,10H,7-9H2,1H3,(H,18,19). The third-order valence-corrected chi connectivity index (χ3v) is 3.83. The van der Waals surface area contributed by atoms with Crippen molar-refractivity contribution in [1.82, 2.24) is 9.88 Å². The van der Waals surface area contributed by atoms with E-state index in [4.69, 9.17) is 5.11 Å². The third kappa shape index (κ3) is 4.39. The fourth-order valence-electron chi connectivity index (χ4n) is 1.82. The van der Waals surface area contributed by atoms with Gasteiger partial charge in [-0.15, -0.1) is 11.3 Å². The molecule has 2 aromatic rings. The van der Waals surface area contributed by atoms with Gasteiger partial charge in [-0.05, 0) is 5.56 Å². The summed E-state index contributed by atoms with van der Waals surface area (Å²) in [7, 11) is 1.58. The second kappa shape index (κ2) is 6.99. The van der Waals surface area contributed by atoms with Crippen LogP contribution in [0.1, 0.15) is 27.5 Å². The van der Waals surface area contributed by atoms with Crippen molar-refractivity contribution < 1.29 is 14.7 Å². The number of aromatic nitrogens is 1. The van der Waals surface area contributed by atoms with Gasteiger partial charge in [0.05, 0.1) is 11.4 Å². The fourth-order valence-corrected chi connectivity index (χ4v) is 2.62. The number of hydrogen-bond donors (Lipinski definition) is 1. The highest BCUT2D eigenvalue weighted by Crippen LogP contribution is 2.15. The molecule has 110 valence electrons. The largest absolute Gasteiger partial charge is 0.481 e. The average molecular weight is 304 g/mol. The lowest BCUT2D eigenvalue weighted by Crippen LogP contribution is -2.29. The number of carboxylic acids is 1. The number of aliphatic carboxylic acids is 1. The Bertz CT molecular complexity index is 625. The lowest BCUT2D eigenvalue weighted by atomic mass is 10.2. The van der Waals surface area contributed by atoms with Crippen molar-refractivity contribution in [2.75, 3.05) is 13.6 Å². The number of carbonyl (C=O) groups excluding carboxylic acids is 1. The number of amides is 1. The predicted octanol–water partition coefficient (Wildman–Crippen LogP) is 2.28. The van der Waals surface area contributed by atoms with Crippen LogP contribution in [0.3, 0.4) is 0 Å². The SMILES string of the molecule is CN(CCC(=O)O)C(=O)c1csc(Cc2ccccc2)n1. The Balaban J connectivity index is 1.99. The zero-order chi connectivity index (χ0) is 15.2. The molecule has 0 radical (unpaired) electrons. The molecule has 2 rings (SSSR count). The van der Waals surface area contributed by atoms with Gasteiger partial charge in [-0.25, -0.2) is 4.98 Å². The topological polar surface area (TPSA) is 70.5 Å². The maximum Gasteiger partial charge on any atom is 0.305 e. The van der Waals surface area contributed by atoms with Gasteiger partial charge in [-0.1, -0.05) is 30.3 Å². The van der Waals surface area contributed by atoms with Crippen LogP contribution < -0.4 is 0 Å². The van der Waals surface area contributed by atoms with Gasteiger partial charge in [0.2, 0.25) is 0 Å². The van der Waals surface area contributed by atoms with Crippen molar-refractivity contribution in [1.29, 1.82) is 0 Å². The Morgan fingerprint density at radius 1 is 1.29 bits per heavy atom. The summed E-state index contributed by atoms with van der Waals surface area (Å²) in [5.74, 6) is -1.16. The van der Waals surface area contributed by atoms with Crippen molar-refractivity contribution in [3.63, 3.8) is 0 Å². The van der Waals surface area contributed by atoms with Gasteiger partial charge in [0.1, 0.15) is 5.69 Å². The zero-order valence-electron chi connectivity index (χ0n) is 11.7. The normalized spacial score (nSPS) is 10.3. The van der Waals surface area contributed by atoms with Gasteiger partial charge in [-0.3, -0.25) is 9.59 Å².